The summed E-state index contributed by atoms with van der Waals surface area (Å²) >= 11 is 0. The van der Waals surface area contributed by atoms with Crippen molar-refractivity contribution in [3.05, 3.63) is 39.4 Å². The molecule has 5 nitrogen and oxygen atoms in total. The van der Waals surface area contributed by atoms with Crippen molar-refractivity contribution in [2.45, 2.75) is 71.9 Å². The molecule has 0 saturated heterocycles. The van der Waals surface area contributed by atoms with Gasteiger partial charge >= 0.3 is 0 Å². The van der Waals surface area contributed by atoms with Crippen LogP contribution in [-0.4, -0.2) is 27.8 Å². The van der Waals surface area contributed by atoms with Crippen molar-refractivity contribution >= 4 is 11.6 Å². The molecule has 1 amide bonds. The summed E-state index contributed by atoms with van der Waals surface area (Å²) in [6.07, 6.45) is 2.04. The zero-order valence-corrected chi connectivity index (χ0v) is 15.5. The zero-order valence-electron chi connectivity index (χ0n) is 15.5. The number of hydrogen-bond donors (Lipinski definition) is 0. The second-order valence-corrected chi connectivity index (χ2v) is 8.17. The molecule has 1 saturated carbocycles. The van der Waals surface area contributed by atoms with Crippen molar-refractivity contribution in [1.82, 2.24) is 4.90 Å². The van der Waals surface area contributed by atoms with Gasteiger partial charge in [-0.2, -0.15) is 0 Å². The predicted octanol–water partition coefficient (Wildman–Crippen LogP) is 4.54. The highest BCUT2D eigenvalue weighted by molar-refractivity contribution is 5.95. The first kappa shape index (κ1) is 18.4. The van der Waals surface area contributed by atoms with Crippen LogP contribution in [0, 0.1) is 16.0 Å². The number of nitro benzene ring substituents is 1. The lowest BCUT2D eigenvalue weighted by Crippen LogP contribution is -2.43. The van der Waals surface area contributed by atoms with E-state index in [1.54, 1.807) is 12.1 Å². The molecule has 0 radical (unpaired) electrons. The van der Waals surface area contributed by atoms with Gasteiger partial charge in [0.2, 0.25) is 0 Å². The van der Waals surface area contributed by atoms with E-state index < -0.39 is 0 Å². The van der Waals surface area contributed by atoms with E-state index in [1.165, 1.54) is 6.07 Å². The summed E-state index contributed by atoms with van der Waals surface area (Å²) in [5.74, 6) is 0.251. The van der Waals surface area contributed by atoms with Crippen LogP contribution in [0.4, 0.5) is 5.69 Å². The third-order valence-corrected chi connectivity index (χ3v) is 4.83. The Morgan fingerprint density at radius 1 is 1.25 bits per heavy atom. The molecule has 1 aliphatic carbocycles. The number of nitrogens with zero attached hydrogens (tertiary/aromatic N) is 2. The van der Waals surface area contributed by atoms with E-state index in [4.69, 9.17) is 0 Å². The topological polar surface area (TPSA) is 63.5 Å². The number of carbonyl (C=O) groups is 1. The number of benzene rings is 1. The van der Waals surface area contributed by atoms with Crippen LogP contribution in [0.2, 0.25) is 0 Å². The molecule has 0 bridgehead atoms. The van der Waals surface area contributed by atoms with Crippen molar-refractivity contribution in [2.75, 3.05) is 0 Å². The number of nitro groups is 1. The number of carbonyl (C=O) groups excluding carboxylic acids is 1. The molecule has 24 heavy (non-hydrogen) atoms. The summed E-state index contributed by atoms with van der Waals surface area (Å²) in [5, 5.41) is 11.5. The molecule has 0 aliphatic heterocycles. The molecule has 1 aromatic rings. The molecule has 1 fully saturated rings. The highest BCUT2D eigenvalue weighted by Crippen LogP contribution is 2.35. The van der Waals surface area contributed by atoms with Crippen LogP contribution in [0.3, 0.4) is 0 Å². The lowest BCUT2D eigenvalue weighted by molar-refractivity contribution is -0.386. The van der Waals surface area contributed by atoms with Crippen LogP contribution in [-0.2, 0) is 5.41 Å². The molecule has 1 aromatic carbocycles. The number of hydrogen-bond acceptors (Lipinski definition) is 3. The van der Waals surface area contributed by atoms with E-state index >= 15 is 0 Å². The van der Waals surface area contributed by atoms with Gasteiger partial charge in [-0.25, -0.2) is 0 Å². The summed E-state index contributed by atoms with van der Waals surface area (Å²) in [6.45, 7) is 12.1. The van der Waals surface area contributed by atoms with Crippen molar-refractivity contribution in [3.8, 4) is 0 Å². The summed E-state index contributed by atoms with van der Waals surface area (Å²) in [7, 11) is 0. The van der Waals surface area contributed by atoms with Crippen molar-refractivity contribution < 1.29 is 9.72 Å². The first-order valence-electron chi connectivity index (χ1n) is 8.65. The minimum Gasteiger partial charge on any atom is -0.333 e. The number of amides is 1. The molecule has 5 heteroatoms. The van der Waals surface area contributed by atoms with Crippen molar-refractivity contribution in [3.63, 3.8) is 0 Å². The maximum Gasteiger partial charge on any atom is 0.273 e. The van der Waals surface area contributed by atoms with Gasteiger partial charge in [-0.05, 0) is 37.2 Å². The smallest absolute Gasteiger partial charge is 0.273 e. The van der Waals surface area contributed by atoms with Crippen molar-refractivity contribution in [1.29, 1.82) is 0 Å². The first-order valence-corrected chi connectivity index (χ1v) is 8.65. The van der Waals surface area contributed by atoms with Gasteiger partial charge in [-0.3, -0.25) is 14.9 Å². The SMILES string of the molecule is CC(C)C(C)N(C(=O)c1ccc(C(C)(C)C)c([N+](=O)[O-])c1)C1CC1. The predicted molar refractivity (Wildman–Crippen MR) is 95.3 cm³/mol. The summed E-state index contributed by atoms with van der Waals surface area (Å²) in [6, 6.07) is 5.31. The van der Waals surface area contributed by atoms with Crippen LogP contribution in [0.1, 0.15) is 70.3 Å². The lowest BCUT2D eigenvalue weighted by atomic mass is 9.85. The van der Waals surface area contributed by atoms with Gasteiger partial charge in [0, 0.05) is 29.3 Å². The Hall–Kier alpha value is -1.91. The normalized spacial score (nSPS) is 16.1. The summed E-state index contributed by atoms with van der Waals surface area (Å²) < 4.78 is 0. The Morgan fingerprint density at radius 2 is 1.83 bits per heavy atom. The van der Waals surface area contributed by atoms with E-state index in [9.17, 15) is 14.9 Å². The molecular formula is C19H28N2O3. The molecule has 0 N–H and O–H groups in total. The van der Waals surface area contributed by atoms with Gasteiger partial charge in [0.25, 0.3) is 11.6 Å². The van der Waals surface area contributed by atoms with Gasteiger partial charge in [0.15, 0.2) is 0 Å². The van der Waals surface area contributed by atoms with E-state index in [2.05, 4.69) is 20.8 Å². The molecular weight excluding hydrogens is 304 g/mol. The zero-order chi connectivity index (χ0) is 18.2. The molecule has 2 rings (SSSR count). The highest BCUT2D eigenvalue weighted by Gasteiger charge is 2.38. The lowest BCUT2D eigenvalue weighted by Gasteiger charge is -2.32. The van der Waals surface area contributed by atoms with Gasteiger partial charge < -0.3 is 4.90 Å². The standard InChI is InChI=1S/C19H28N2O3/c1-12(2)13(3)20(15-8-9-15)18(22)14-7-10-16(19(4,5)6)17(11-14)21(23)24/h7,10-13,15H,8-9H2,1-6H3. The third-order valence-electron chi connectivity index (χ3n) is 4.83. The second kappa shape index (κ2) is 6.54. The fourth-order valence-electron chi connectivity index (χ4n) is 2.96. The molecule has 132 valence electrons. The summed E-state index contributed by atoms with van der Waals surface area (Å²) in [5.41, 5.74) is 0.750. The Morgan fingerprint density at radius 3 is 2.25 bits per heavy atom. The summed E-state index contributed by atoms with van der Waals surface area (Å²) in [4.78, 5) is 26.0. The Bertz CT molecular complexity index is 643. The van der Waals surface area contributed by atoms with Gasteiger partial charge in [0.1, 0.15) is 0 Å². The molecule has 1 atom stereocenters. The van der Waals surface area contributed by atoms with E-state index in [0.717, 1.165) is 12.8 Å². The fourth-order valence-corrected chi connectivity index (χ4v) is 2.96. The Balaban J connectivity index is 2.42. The quantitative estimate of drug-likeness (QED) is 0.587. The molecule has 0 heterocycles. The van der Waals surface area contributed by atoms with Gasteiger partial charge in [-0.1, -0.05) is 40.7 Å². The highest BCUT2D eigenvalue weighted by atomic mass is 16.6. The maximum absolute atomic E-state index is 13.0. The van der Waals surface area contributed by atoms with Crippen LogP contribution < -0.4 is 0 Å². The molecule has 1 unspecified atom stereocenters. The van der Waals surface area contributed by atoms with Crippen LogP contribution in [0.25, 0.3) is 0 Å². The second-order valence-electron chi connectivity index (χ2n) is 8.17. The van der Waals surface area contributed by atoms with Gasteiger partial charge in [0.05, 0.1) is 4.92 Å². The fraction of sp³-hybridized carbons (Fsp3) is 0.632. The Kier molecular flexibility index (Phi) is 5.02. The van der Waals surface area contributed by atoms with Crippen molar-refractivity contribution in [2.24, 2.45) is 5.92 Å². The van der Waals surface area contributed by atoms with Crippen LogP contribution >= 0.6 is 0 Å². The monoisotopic (exact) mass is 332 g/mol. The maximum atomic E-state index is 13.0. The first-order chi connectivity index (χ1) is 11.0. The molecule has 0 spiro atoms. The largest absolute Gasteiger partial charge is 0.333 e. The van der Waals surface area contributed by atoms with Crippen LogP contribution in [0.5, 0.6) is 0 Å². The third kappa shape index (κ3) is 3.77. The van der Waals surface area contributed by atoms with E-state index in [0.29, 0.717) is 17.0 Å². The average molecular weight is 332 g/mol. The van der Waals surface area contributed by atoms with Crippen LogP contribution in [0.15, 0.2) is 18.2 Å². The van der Waals surface area contributed by atoms with Gasteiger partial charge in [-0.15, -0.1) is 0 Å². The Labute approximate surface area is 144 Å². The minimum absolute atomic E-state index is 0.0290. The molecule has 1 aliphatic rings. The minimum atomic E-state index is -0.384. The molecule has 0 aromatic heterocycles. The van der Waals surface area contributed by atoms with E-state index in [1.807, 2.05) is 25.7 Å². The number of rotatable bonds is 5. The average Bonchev–Trinajstić information content (AvgIpc) is 3.30. The van der Waals surface area contributed by atoms with E-state index in [-0.39, 0.29) is 34.0 Å².